The third-order valence-electron chi connectivity index (χ3n) is 3.72. The Hall–Kier alpha value is -2.87. The molecule has 5 heteroatoms. The van der Waals surface area contributed by atoms with Crippen molar-refractivity contribution in [3.63, 3.8) is 0 Å². The fourth-order valence-corrected chi connectivity index (χ4v) is 2.56. The van der Waals surface area contributed by atoms with Gasteiger partial charge in [-0.3, -0.25) is 0 Å². The SMILES string of the molecule is Cn1c(-c2ccc(C(=O)O)cc2)nc2c1CCC(C#N)=C2. The van der Waals surface area contributed by atoms with Gasteiger partial charge in [0.15, 0.2) is 0 Å². The van der Waals surface area contributed by atoms with Gasteiger partial charge < -0.3 is 9.67 Å². The molecule has 0 spiro atoms. The third kappa shape index (κ3) is 2.21. The zero-order valence-corrected chi connectivity index (χ0v) is 11.5. The van der Waals surface area contributed by atoms with Gasteiger partial charge in [-0.15, -0.1) is 0 Å². The predicted octanol–water partition coefficient (Wildman–Crippen LogP) is 2.64. The van der Waals surface area contributed by atoms with Gasteiger partial charge in [0, 0.05) is 23.9 Å². The monoisotopic (exact) mass is 279 g/mol. The van der Waals surface area contributed by atoms with Crippen molar-refractivity contribution in [2.24, 2.45) is 7.05 Å². The molecule has 3 rings (SSSR count). The number of rotatable bonds is 2. The maximum absolute atomic E-state index is 10.9. The van der Waals surface area contributed by atoms with Crippen LogP contribution in [-0.2, 0) is 13.5 Å². The van der Waals surface area contributed by atoms with Gasteiger partial charge in [0.05, 0.1) is 17.3 Å². The van der Waals surface area contributed by atoms with Gasteiger partial charge in [-0.25, -0.2) is 9.78 Å². The minimum absolute atomic E-state index is 0.254. The first kappa shape index (κ1) is 13.1. The molecule has 0 aliphatic heterocycles. The number of imidazole rings is 1. The number of nitrogens with zero attached hydrogens (tertiary/aromatic N) is 3. The average molecular weight is 279 g/mol. The number of aromatic carboxylic acids is 1. The number of carbonyl (C=O) groups is 1. The molecule has 1 aliphatic carbocycles. The smallest absolute Gasteiger partial charge is 0.335 e. The number of hydrogen-bond acceptors (Lipinski definition) is 3. The molecule has 1 aromatic heterocycles. The average Bonchev–Trinajstić information content (AvgIpc) is 2.83. The number of carboxylic acid groups (broad SMARTS) is 1. The normalized spacial score (nSPS) is 13.2. The number of fused-ring (bicyclic) bond motifs is 1. The molecular weight excluding hydrogens is 266 g/mol. The summed E-state index contributed by atoms with van der Waals surface area (Å²) in [6, 6.07) is 8.83. The van der Waals surface area contributed by atoms with Crippen LogP contribution in [0.15, 0.2) is 29.8 Å². The van der Waals surface area contributed by atoms with E-state index in [4.69, 9.17) is 10.4 Å². The lowest BCUT2D eigenvalue weighted by molar-refractivity contribution is 0.0697. The summed E-state index contributed by atoms with van der Waals surface area (Å²) < 4.78 is 2.01. The van der Waals surface area contributed by atoms with Gasteiger partial charge in [-0.05, 0) is 31.1 Å². The molecule has 1 heterocycles. The summed E-state index contributed by atoms with van der Waals surface area (Å²) in [5.41, 5.74) is 3.80. The zero-order chi connectivity index (χ0) is 15.0. The van der Waals surface area contributed by atoms with Crippen LogP contribution in [0.4, 0.5) is 0 Å². The Morgan fingerprint density at radius 2 is 2.05 bits per heavy atom. The number of aromatic nitrogens is 2. The summed E-state index contributed by atoms with van der Waals surface area (Å²) in [6.07, 6.45) is 3.36. The number of carboxylic acids is 1. The molecule has 1 N–H and O–H groups in total. The third-order valence-corrected chi connectivity index (χ3v) is 3.72. The molecule has 0 radical (unpaired) electrons. The Balaban J connectivity index is 2.05. The summed E-state index contributed by atoms with van der Waals surface area (Å²) in [7, 11) is 1.94. The molecule has 0 fully saturated rings. The molecule has 0 bridgehead atoms. The fourth-order valence-electron chi connectivity index (χ4n) is 2.56. The Morgan fingerprint density at radius 3 is 2.67 bits per heavy atom. The highest BCUT2D eigenvalue weighted by Crippen LogP contribution is 2.28. The summed E-state index contributed by atoms with van der Waals surface area (Å²) in [5.74, 6) is -0.158. The van der Waals surface area contributed by atoms with Crippen molar-refractivity contribution in [1.29, 1.82) is 5.26 Å². The van der Waals surface area contributed by atoms with Crippen LogP contribution in [0.5, 0.6) is 0 Å². The Labute approximate surface area is 121 Å². The fraction of sp³-hybridized carbons (Fsp3) is 0.188. The highest BCUT2D eigenvalue weighted by atomic mass is 16.4. The molecule has 0 atom stereocenters. The van der Waals surface area contributed by atoms with E-state index in [9.17, 15) is 4.79 Å². The van der Waals surface area contributed by atoms with Crippen molar-refractivity contribution in [3.05, 3.63) is 46.8 Å². The standard InChI is InChI=1S/C16H13N3O2/c1-19-14-7-2-10(9-17)8-13(14)18-15(19)11-3-5-12(6-4-11)16(20)21/h3-6,8H,2,7H2,1H3,(H,20,21). The second-order valence-corrected chi connectivity index (χ2v) is 4.99. The van der Waals surface area contributed by atoms with Gasteiger partial charge in [0.2, 0.25) is 0 Å². The van der Waals surface area contributed by atoms with Gasteiger partial charge >= 0.3 is 5.97 Å². The molecule has 21 heavy (non-hydrogen) atoms. The maximum Gasteiger partial charge on any atom is 0.335 e. The van der Waals surface area contributed by atoms with Crippen molar-refractivity contribution in [1.82, 2.24) is 9.55 Å². The quantitative estimate of drug-likeness (QED) is 0.916. The molecule has 0 amide bonds. The summed E-state index contributed by atoms with van der Waals surface area (Å²) in [4.78, 5) is 15.5. The van der Waals surface area contributed by atoms with Gasteiger partial charge in [0.25, 0.3) is 0 Å². The van der Waals surface area contributed by atoms with E-state index in [0.717, 1.165) is 41.2 Å². The van der Waals surface area contributed by atoms with E-state index in [1.807, 2.05) is 17.7 Å². The minimum Gasteiger partial charge on any atom is -0.478 e. The molecule has 2 aromatic rings. The Morgan fingerprint density at radius 1 is 1.33 bits per heavy atom. The van der Waals surface area contributed by atoms with E-state index in [1.165, 1.54) is 0 Å². The van der Waals surface area contributed by atoms with Crippen LogP contribution >= 0.6 is 0 Å². The van der Waals surface area contributed by atoms with Gasteiger partial charge in [-0.2, -0.15) is 5.26 Å². The lowest BCUT2D eigenvalue weighted by atomic mass is 10.0. The van der Waals surface area contributed by atoms with Crippen molar-refractivity contribution in [2.75, 3.05) is 0 Å². The van der Waals surface area contributed by atoms with Crippen LogP contribution < -0.4 is 0 Å². The number of hydrogen-bond donors (Lipinski definition) is 1. The number of allylic oxidation sites excluding steroid dienone is 1. The molecular formula is C16H13N3O2. The van der Waals surface area contributed by atoms with Gasteiger partial charge in [0.1, 0.15) is 5.82 Å². The van der Waals surface area contributed by atoms with Gasteiger partial charge in [-0.1, -0.05) is 12.1 Å². The second-order valence-electron chi connectivity index (χ2n) is 4.99. The van der Waals surface area contributed by atoms with E-state index < -0.39 is 5.97 Å². The highest BCUT2D eigenvalue weighted by molar-refractivity contribution is 5.88. The predicted molar refractivity (Wildman–Crippen MR) is 77.5 cm³/mol. The van der Waals surface area contributed by atoms with Crippen LogP contribution in [0, 0.1) is 11.3 Å². The van der Waals surface area contributed by atoms with E-state index in [0.29, 0.717) is 0 Å². The lowest BCUT2D eigenvalue weighted by Gasteiger charge is -2.09. The number of nitriles is 1. The lowest BCUT2D eigenvalue weighted by Crippen LogP contribution is -2.03. The largest absolute Gasteiger partial charge is 0.478 e. The molecule has 0 unspecified atom stereocenters. The molecule has 0 saturated carbocycles. The molecule has 1 aliphatic rings. The first-order valence-electron chi connectivity index (χ1n) is 6.60. The van der Waals surface area contributed by atoms with Crippen LogP contribution in [0.1, 0.15) is 28.2 Å². The topological polar surface area (TPSA) is 78.9 Å². The first-order chi connectivity index (χ1) is 10.1. The van der Waals surface area contributed by atoms with Crippen molar-refractivity contribution < 1.29 is 9.90 Å². The Kier molecular flexibility index (Phi) is 3.07. The highest BCUT2D eigenvalue weighted by Gasteiger charge is 2.19. The van der Waals surface area contributed by atoms with E-state index in [2.05, 4.69) is 11.1 Å². The van der Waals surface area contributed by atoms with Crippen LogP contribution in [0.2, 0.25) is 0 Å². The minimum atomic E-state index is -0.942. The second kappa shape index (κ2) is 4.91. The van der Waals surface area contributed by atoms with E-state index in [1.54, 1.807) is 24.3 Å². The molecule has 5 nitrogen and oxygen atoms in total. The number of benzene rings is 1. The van der Waals surface area contributed by atoms with E-state index in [-0.39, 0.29) is 5.56 Å². The molecule has 0 saturated heterocycles. The zero-order valence-electron chi connectivity index (χ0n) is 11.5. The van der Waals surface area contributed by atoms with Crippen LogP contribution in [-0.4, -0.2) is 20.6 Å². The van der Waals surface area contributed by atoms with Crippen LogP contribution in [0.25, 0.3) is 17.5 Å². The molecule has 104 valence electrons. The van der Waals surface area contributed by atoms with Crippen LogP contribution in [0.3, 0.4) is 0 Å². The first-order valence-corrected chi connectivity index (χ1v) is 6.60. The van der Waals surface area contributed by atoms with Crippen molar-refractivity contribution in [2.45, 2.75) is 12.8 Å². The summed E-state index contributed by atoms with van der Waals surface area (Å²) in [5, 5.41) is 17.9. The van der Waals surface area contributed by atoms with Crippen molar-refractivity contribution >= 4 is 12.0 Å². The van der Waals surface area contributed by atoms with Crippen molar-refractivity contribution in [3.8, 4) is 17.5 Å². The Bertz CT molecular complexity index is 792. The summed E-state index contributed by atoms with van der Waals surface area (Å²) in [6.45, 7) is 0. The molecule has 1 aromatic carbocycles. The maximum atomic E-state index is 10.9. The van der Waals surface area contributed by atoms with E-state index >= 15 is 0 Å². The summed E-state index contributed by atoms with van der Waals surface area (Å²) >= 11 is 0.